The van der Waals surface area contributed by atoms with Gasteiger partial charge in [-0.15, -0.1) is 0 Å². The summed E-state index contributed by atoms with van der Waals surface area (Å²) in [6.45, 7) is 4.38. The summed E-state index contributed by atoms with van der Waals surface area (Å²) >= 11 is 5.01. The Balaban J connectivity index is 2.60. The molecule has 24 heavy (non-hydrogen) atoms. The van der Waals surface area contributed by atoms with Crippen LogP contribution in [0.3, 0.4) is 0 Å². The largest absolute Gasteiger partial charge is 0.417 e. The molecular formula is C15H20F3N3O2S. The molecule has 1 aromatic carbocycles. The molecule has 134 valence electrons. The number of nitrogens with one attached hydrogen (secondary N) is 3. The van der Waals surface area contributed by atoms with Gasteiger partial charge in [0.2, 0.25) is 5.91 Å². The summed E-state index contributed by atoms with van der Waals surface area (Å²) < 4.78 is 37.6. The second kappa shape index (κ2) is 7.80. The van der Waals surface area contributed by atoms with E-state index >= 15 is 0 Å². The van der Waals surface area contributed by atoms with E-state index < -0.39 is 24.1 Å². The van der Waals surface area contributed by atoms with Gasteiger partial charge < -0.3 is 10.4 Å². The molecule has 1 rings (SSSR count). The van der Waals surface area contributed by atoms with Crippen molar-refractivity contribution in [3.05, 3.63) is 29.3 Å². The van der Waals surface area contributed by atoms with Crippen LogP contribution in [0.5, 0.6) is 0 Å². The van der Waals surface area contributed by atoms with Crippen LogP contribution in [0, 0.1) is 6.92 Å². The van der Waals surface area contributed by atoms with E-state index in [1.807, 2.05) is 37.5 Å². The van der Waals surface area contributed by atoms with Crippen LogP contribution in [0.4, 0.5) is 18.9 Å². The lowest BCUT2D eigenvalue weighted by Gasteiger charge is -2.25. The van der Waals surface area contributed by atoms with Crippen molar-refractivity contribution in [2.75, 3.05) is 5.32 Å². The molecule has 0 aromatic heterocycles. The van der Waals surface area contributed by atoms with Crippen molar-refractivity contribution < 1.29 is 23.1 Å². The Hall–Kier alpha value is -1.87. The van der Waals surface area contributed by atoms with Gasteiger partial charge in [-0.05, 0) is 43.6 Å². The number of benzene rings is 1. The number of para-hydroxylation sites is 1. The summed E-state index contributed by atoms with van der Waals surface area (Å²) in [6.07, 6.45) is -5.29. The summed E-state index contributed by atoms with van der Waals surface area (Å²) in [6, 6.07) is 5.69. The standard InChI is InChI=1S/C15H20F3N3O2S/c1-4-10-7-5-6-9(2)12(10)19-13(24)21-20-11(22)8-14(3,23)15(16,17)18/h5-7,23H,4,8H2,1-3H3,(H,20,22)(H2,19,21,24)/t14-/m0/s1. The third kappa shape index (κ3) is 5.34. The number of hydrazine groups is 1. The molecule has 0 aliphatic carbocycles. The van der Waals surface area contributed by atoms with Crippen LogP contribution < -0.4 is 16.2 Å². The molecule has 0 aliphatic rings. The van der Waals surface area contributed by atoms with Crippen LogP contribution in [0.1, 0.15) is 31.4 Å². The first-order valence-corrected chi connectivity index (χ1v) is 7.62. The van der Waals surface area contributed by atoms with E-state index in [2.05, 4.69) is 10.7 Å². The highest BCUT2D eigenvalue weighted by atomic mass is 32.1. The van der Waals surface area contributed by atoms with E-state index in [-0.39, 0.29) is 5.11 Å². The summed E-state index contributed by atoms with van der Waals surface area (Å²) in [4.78, 5) is 11.5. The fourth-order valence-corrected chi connectivity index (χ4v) is 2.08. The third-order valence-electron chi connectivity index (χ3n) is 3.41. The van der Waals surface area contributed by atoms with Crippen molar-refractivity contribution in [3.63, 3.8) is 0 Å². The highest BCUT2D eigenvalue weighted by molar-refractivity contribution is 7.80. The summed E-state index contributed by atoms with van der Waals surface area (Å²) in [7, 11) is 0. The van der Waals surface area contributed by atoms with Crippen LogP contribution in [-0.2, 0) is 11.2 Å². The minimum atomic E-state index is -4.90. The van der Waals surface area contributed by atoms with E-state index in [0.717, 1.165) is 23.2 Å². The molecule has 1 aromatic rings. The summed E-state index contributed by atoms with van der Waals surface area (Å²) in [5.41, 5.74) is 3.96. The normalized spacial score (nSPS) is 13.8. The zero-order valence-corrected chi connectivity index (χ0v) is 14.4. The molecule has 1 atom stereocenters. The molecule has 0 unspecified atom stereocenters. The Kier molecular flexibility index (Phi) is 6.56. The van der Waals surface area contributed by atoms with E-state index in [0.29, 0.717) is 6.92 Å². The SMILES string of the molecule is CCc1cccc(C)c1NC(=S)NNC(=O)C[C@](C)(O)C(F)(F)F. The van der Waals surface area contributed by atoms with Crippen LogP contribution in [0.2, 0.25) is 0 Å². The monoisotopic (exact) mass is 363 g/mol. The number of halogens is 3. The van der Waals surface area contributed by atoms with Gasteiger partial charge in [-0.1, -0.05) is 25.1 Å². The first-order valence-electron chi connectivity index (χ1n) is 7.21. The molecule has 0 saturated carbocycles. The van der Waals surface area contributed by atoms with Gasteiger partial charge in [0.05, 0.1) is 6.42 Å². The second-order valence-corrected chi connectivity index (χ2v) is 5.95. The zero-order chi connectivity index (χ0) is 18.5. The van der Waals surface area contributed by atoms with E-state index in [9.17, 15) is 23.1 Å². The van der Waals surface area contributed by atoms with Crippen molar-refractivity contribution >= 4 is 28.9 Å². The lowest BCUT2D eigenvalue weighted by atomic mass is 10.0. The van der Waals surface area contributed by atoms with E-state index in [1.165, 1.54) is 0 Å². The van der Waals surface area contributed by atoms with Gasteiger partial charge in [-0.3, -0.25) is 15.6 Å². The number of amides is 1. The lowest BCUT2D eigenvalue weighted by molar-refractivity contribution is -0.253. The predicted octanol–water partition coefficient (Wildman–Crippen LogP) is 2.58. The Morgan fingerprint density at radius 1 is 1.29 bits per heavy atom. The first kappa shape index (κ1) is 20.2. The number of alkyl halides is 3. The average Bonchev–Trinajstić information content (AvgIpc) is 2.45. The molecule has 0 radical (unpaired) electrons. The third-order valence-corrected chi connectivity index (χ3v) is 3.61. The van der Waals surface area contributed by atoms with Gasteiger partial charge in [0.1, 0.15) is 0 Å². The van der Waals surface area contributed by atoms with Crippen LogP contribution in [0.15, 0.2) is 18.2 Å². The van der Waals surface area contributed by atoms with Gasteiger partial charge in [0, 0.05) is 5.69 Å². The topological polar surface area (TPSA) is 73.4 Å². The van der Waals surface area contributed by atoms with E-state index in [4.69, 9.17) is 12.2 Å². The molecule has 4 N–H and O–H groups in total. The highest BCUT2D eigenvalue weighted by Gasteiger charge is 2.51. The Labute approximate surface area is 143 Å². The van der Waals surface area contributed by atoms with Gasteiger partial charge >= 0.3 is 6.18 Å². The van der Waals surface area contributed by atoms with Crippen LogP contribution >= 0.6 is 12.2 Å². The van der Waals surface area contributed by atoms with Crippen molar-refractivity contribution in [3.8, 4) is 0 Å². The highest BCUT2D eigenvalue weighted by Crippen LogP contribution is 2.32. The maximum atomic E-state index is 12.5. The Morgan fingerprint density at radius 2 is 1.92 bits per heavy atom. The summed E-state index contributed by atoms with van der Waals surface area (Å²) in [5, 5.41) is 12.2. The smallest absolute Gasteiger partial charge is 0.380 e. The van der Waals surface area contributed by atoms with Crippen LogP contribution in [-0.4, -0.2) is 27.9 Å². The number of carbonyl (C=O) groups excluding carboxylic acids is 1. The van der Waals surface area contributed by atoms with Crippen molar-refractivity contribution in [1.82, 2.24) is 10.9 Å². The fraction of sp³-hybridized carbons (Fsp3) is 0.467. The second-order valence-electron chi connectivity index (χ2n) is 5.54. The number of rotatable bonds is 4. The molecule has 0 saturated heterocycles. The predicted molar refractivity (Wildman–Crippen MR) is 89.4 cm³/mol. The molecule has 0 heterocycles. The van der Waals surface area contributed by atoms with Crippen molar-refractivity contribution in [2.45, 2.75) is 45.4 Å². The Bertz CT molecular complexity index is 618. The minimum absolute atomic E-state index is 0.0269. The number of aliphatic hydroxyl groups is 1. The number of aryl methyl sites for hydroxylation is 2. The minimum Gasteiger partial charge on any atom is -0.380 e. The fourth-order valence-electron chi connectivity index (χ4n) is 1.93. The number of carbonyl (C=O) groups is 1. The number of anilines is 1. The van der Waals surface area contributed by atoms with E-state index in [1.54, 1.807) is 0 Å². The molecule has 0 bridgehead atoms. The van der Waals surface area contributed by atoms with Gasteiger partial charge in [-0.25, -0.2) is 0 Å². The van der Waals surface area contributed by atoms with Crippen LogP contribution in [0.25, 0.3) is 0 Å². The molecule has 0 fully saturated rings. The number of hydrogen-bond acceptors (Lipinski definition) is 3. The molecule has 0 aliphatic heterocycles. The van der Waals surface area contributed by atoms with Gasteiger partial charge in [0.15, 0.2) is 10.7 Å². The maximum Gasteiger partial charge on any atom is 0.417 e. The maximum absolute atomic E-state index is 12.5. The molecule has 0 spiro atoms. The molecule has 9 heteroatoms. The van der Waals surface area contributed by atoms with Crippen molar-refractivity contribution in [2.24, 2.45) is 0 Å². The molecule has 5 nitrogen and oxygen atoms in total. The van der Waals surface area contributed by atoms with Gasteiger partial charge in [0.25, 0.3) is 0 Å². The summed E-state index contributed by atoms with van der Waals surface area (Å²) in [5.74, 6) is -1.04. The molecule has 1 amide bonds. The average molecular weight is 363 g/mol. The first-order chi connectivity index (χ1) is 11.0. The number of hydrogen-bond donors (Lipinski definition) is 4. The zero-order valence-electron chi connectivity index (χ0n) is 13.5. The lowest BCUT2D eigenvalue weighted by Crippen LogP contribution is -2.50. The van der Waals surface area contributed by atoms with Crippen molar-refractivity contribution in [1.29, 1.82) is 0 Å². The molecular weight excluding hydrogens is 343 g/mol. The quantitative estimate of drug-likeness (QED) is 0.489. The Morgan fingerprint density at radius 3 is 2.46 bits per heavy atom. The van der Waals surface area contributed by atoms with Gasteiger partial charge in [-0.2, -0.15) is 13.2 Å². The number of thiocarbonyl (C=S) groups is 1.